The van der Waals surface area contributed by atoms with E-state index >= 15 is 0 Å². The van der Waals surface area contributed by atoms with Crippen molar-refractivity contribution in [3.8, 4) is 0 Å². The van der Waals surface area contributed by atoms with Crippen molar-refractivity contribution >= 4 is 23.8 Å². The van der Waals surface area contributed by atoms with Crippen molar-refractivity contribution < 1.29 is 28.6 Å². The molecule has 1 aliphatic heterocycles. The van der Waals surface area contributed by atoms with Crippen molar-refractivity contribution in [1.82, 2.24) is 0 Å². The third kappa shape index (κ3) is 3.97. The molecule has 0 aromatic heterocycles. The molecular formula is C8H15O6P3. The first-order chi connectivity index (χ1) is 8.01. The SMILES string of the molecule is CC1OC(COP(P=O)P=O)C(C)C(O)C1O. The summed E-state index contributed by atoms with van der Waals surface area (Å²) in [6.45, 7) is 3.50. The van der Waals surface area contributed by atoms with Crippen molar-refractivity contribution in [1.29, 1.82) is 0 Å². The van der Waals surface area contributed by atoms with Gasteiger partial charge in [-0.1, -0.05) is 6.92 Å². The van der Waals surface area contributed by atoms with Crippen LogP contribution in [0.1, 0.15) is 13.8 Å². The van der Waals surface area contributed by atoms with E-state index < -0.39 is 31.9 Å². The maximum Gasteiger partial charge on any atom is 0.224 e. The molecule has 0 aromatic rings. The molecule has 0 saturated carbocycles. The van der Waals surface area contributed by atoms with Crippen LogP contribution in [0.3, 0.4) is 0 Å². The Balaban J connectivity index is 2.53. The van der Waals surface area contributed by atoms with Crippen molar-refractivity contribution in [3.05, 3.63) is 0 Å². The molecule has 0 bridgehead atoms. The van der Waals surface area contributed by atoms with Gasteiger partial charge in [-0.05, 0) is 6.92 Å². The van der Waals surface area contributed by atoms with Crippen LogP contribution in [0.4, 0.5) is 0 Å². The molecule has 6 nitrogen and oxygen atoms in total. The summed E-state index contributed by atoms with van der Waals surface area (Å²) in [5.41, 5.74) is 0. The molecule has 5 unspecified atom stereocenters. The van der Waals surface area contributed by atoms with Gasteiger partial charge in [0.25, 0.3) is 0 Å². The average Bonchev–Trinajstić information content (AvgIpc) is 2.33. The molecule has 1 saturated heterocycles. The maximum absolute atomic E-state index is 10.5. The standard InChI is InChI=1S/C8H15O6P3/c1-4-6(3-13-17(15-11)16-12)14-5(2)8(10)7(4)9/h4-10H,3H2,1-2H3. The minimum atomic E-state index is -1.53. The number of aliphatic hydroxyl groups is 2. The first-order valence-corrected chi connectivity index (χ1v) is 9.42. The Morgan fingerprint density at radius 3 is 2.35 bits per heavy atom. The second kappa shape index (κ2) is 7.16. The highest BCUT2D eigenvalue weighted by Crippen LogP contribution is 2.60. The third-order valence-corrected chi connectivity index (χ3v) is 6.34. The van der Waals surface area contributed by atoms with Gasteiger partial charge in [-0.15, -0.1) is 0 Å². The van der Waals surface area contributed by atoms with Crippen molar-refractivity contribution in [2.45, 2.75) is 38.3 Å². The molecule has 2 N–H and O–H groups in total. The van der Waals surface area contributed by atoms with Gasteiger partial charge in [-0.25, -0.2) is 0 Å². The second-order valence-electron chi connectivity index (χ2n) is 3.93. The van der Waals surface area contributed by atoms with Crippen LogP contribution in [0.2, 0.25) is 0 Å². The van der Waals surface area contributed by atoms with Gasteiger partial charge in [0.1, 0.15) is 6.10 Å². The van der Waals surface area contributed by atoms with Crippen LogP contribution < -0.4 is 0 Å². The summed E-state index contributed by atoms with van der Waals surface area (Å²) in [5, 5.41) is 19.3. The molecule has 0 amide bonds. The van der Waals surface area contributed by atoms with Gasteiger partial charge in [0.2, 0.25) is 23.8 Å². The lowest BCUT2D eigenvalue weighted by atomic mass is 9.89. The highest BCUT2D eigenvalue weighted by Gasteiger charge is 2.40. The molecule has 0 aromatic carbocycles. The van der Waals surface area contributed by atoms with Crippen molar-refractivity contribution in [2.75, 3.05) is 6.61 Å². The van der Waals surface area contributed by atoms with Crippen LogP contribution in [-0.2, 0) is 18.4 Å². The van der Waals surface area contributed by atoms with Gasteiger partial charge in [0.15, 0.2) is 0 Å². The molecule has 0 spiro atoms. The number of hydrogen-bond acceptors (Lipinski definition) is 6. The number of aliphatic hydroxyl groups excluding tert-OH is 2. The largest absolute Gasteiger partial charge is 0.390 e. The zero-order valence-corrected chi connectivity index (χ0v) is 12.1. The second-order valence-corrected chi connectivity index (χ2v) is 9.13. The van der Waals surface area contributed by atoms with Crippen LogP contribution in [0, 0.1) is 5.92 Å². The number of ether oxygens (including phenoxy) is 1. The van der Waals surface area contributed by atoms with E-state index in [2.05, 4.69) is 0 Å². The smallest absolute Gasteiger partial charge is 0.224 e. The fourth-order valence-electron chi connectivity index (χ4n) is 1.68. The highest BCUT2D eigenvalue weighted by molar-refractivity contribution is 8.44. The minimum Gasteiger partial charge on any atom is -0.390 e. The summed E-state index contributed by atoms with van der Waals surface area (Å²) in [6.07, 6.45) is -2.70. The Kier molecular flexibility index (Phi) is 6.54. The Hall–Kier alpha value is 0.470. The van der Waals surface area contributed by atoms with E-state index in [1.165, 1.54) is 0 Å². The van der Waals surface area contributed by atoms with Gasteiger partial charge in [-0.3, -0.25) is 9.13 Å². The first kappa shape index (κ1) is 15.5. The average molecular weight is 300 g/mol. The molecule has 1 rings (SSSR count). The normalized spacial score (nSPS) is 40.6. The lowest BCUT2D eigenvalue weighted by Gasteiger charge is -2.40. The van der Waals surface area contributed by atoms with E-state index in [0.717, 1.165) is 0 Å². The van der Waals surface area contributed by atoms with Crippen LogP contribution >= 0.6 is 23.8 Å². The lowest BCUT2D eigenvalue weighted by molar-refractivity contribution is -0.195. The van der Waals surface area contributed by atoms with Crippen LogP contribution in [-0.4, -0.2) is 41.2 Å². The quantitative estimate of drug-likeness (QED) is 0.754. The van der Waals surface area contributed by atoms with Gasteiger partial charge in [0.05, 0.1) is 24.9 Å². The first-order valence-electron chi connectivity index (χ1n) is 5.12. The molecule has 9 heteroatoms. The van der Waals surface area contributed by atoms with Gasteiger partial charge in [-0.2, -0.15) is 0 Å². The van der Waals surface area contributed by atoms with E-state index in [0.29, 0.717) is 0 Å². The van der Waals surface area contributed by atoms with Gasteiger partial charge < -0.3 is 19.5 Å². The Morgan fingerprint density at radius 2 is 1.82 bits per heavy atom. The Morgan fingerprint density at radius 1 is 1.24 bits per heavy atom. The van der Waals surface area contributed by atoms with Gasteiger partial charge in [0, 0.05) is 5.92 Å². The molecule has 17 heavy (non-hydrogen) atoms. The van der Waals surface area contributed by atoms with E-state index in [1.807, 2.05) is 0 Å². The summed E-state index contributed by atoms with van der Waals surface area (Å²) in [5.74, 6) is -0.301. The summed E-state index contributed by atoms with van der Waals surface area (Å²) in [4.78, 5) is 0. The summed E-state index contributed by atoms with van der Waals surface area (Å²) in [6, 6.07) is 0. The molecule has 1 fully saturated rings. The zero-order chi connectivity index (χ0) is 13.0. The molecule has 0 aliphatic carbocycles. The van der Waals surface area contributed by atoms with E-state index in [-0.39, 0.29) is 28.8 Å². The molecule has 5 atom stereocenters. The summed E-state index contributed by atoms with van der Waals surface area (Å²) < 4.78 is 31.7. The third-order valence-electron chi connectivity index (χ3n) is 2.84. The van der Waals surface area contributed by atoms with E-state index in [9.17, 15) is 19.3 Å². The fraction of sp³-hybridized carbons (Fsp3) is 1.00. The number of hydrogen-bond donors (Lipinski definition) is 2. The van der Waals surface area contributed by atoms with Crippen LogP contribution in [0.25, 0.3) is 0 Å². The van der Waals surface area contributed by atoms with Crippen LogP contribution in [0.5, 0.6) is 0 Å². The topological polar surface area (TPSA) is 93.1 Å². The van der Waals surface area contributed by atoms with Crippen molar-refractivity contribution in [3.63, 3.8) is 0 Å². The van der Waals surface area contributed by atoms with Crippen LogP contribution in [0.15, 0.2) is 0 Å². The molecule has 98 valence electrons. The predicted octanol–water partition coefficient (Wildman–Crippen LogP) is 1.96. The van der Waals surface area contributed by atoms with Gasteiger partial charge >= 0.3 is 0 Å². The Labute approximate surface area is 104 Å². The monoisotopic (exact) mass is 300 g/mol. The number of rotatable bonds is 5. The van der Waals surface area contributed by atoms with E-state index in [4.69, 9.17) is 9.26 Å². The molecule has 0 radical (unpaired) electrons. The lowest BCUT2D eigenvalue weighted by Crippen LogP contribution is -2.53. The molecular weight excluding hydrogens is 285 g/mol. The molecule has 1 heterocycles. The Bertz CT molecular complexity index is 270. The summed E-state index contributed by atoms with van der Waals surface area (Å²) >= 11 is 0. The molecule has 1 aliphatic rings. The summed E-state index contributed by atoms with van der Waals surface area (Å²) in [7, 11) is -2.12. The zero-order valence-electron chi connectivity index (χ0n) is 9.46. The van der Waals surface area contributed by atoms with E-state index in [1.54, 1.807) is 13.8 Å². The van der Waals surface area contributed by atoms with Crippen molar-refractivity contribution in [2.24, 2.45) is 5.92 Å². The maximum atomic E-state index is 10.5. The fourth-order valence-corrected chi connectivity index (χ4v) is 3.13. The minimum absolute atomic E-state index is 0.103. The predicted molar refractivity (Wildman–Crippen MR) is 63.6 cm³/mol. The highest BCUT2D eigenvalue weighted by atomic mass is 32.4.